The van der Waals surface area contributed by atoms with Crippen molar-refractivity contribution < 1.29 is 39.0 Å². The minimum absolute atomic E-state index is 0. The maximum Gasteiger partial charge on any atom is 0.136 e. The molecule has 0 amide bonds. The van der Waals surface area contributed by atoms with Crippen LogP contribution >= 0.6 is 0 Å². The molecular formula is C71H66F3N4OPt-3. The molecule has 5 nitrogen and oxygen atoms in total. The summed E-state index contributed by atoms with van der Waals surface area (Å²) in [5, 5.41) is 2.10. The molecule has 0 fully saturated rings. The van der Waals surface area contributed by atoms with E-state index in [0.29, 0.717) is 28.4 Å². The summed E-state index contributed by atoms with van der Waals surface area (Å²) in [6.07, 6.45) is 1.87. The molecule has 0 spiro atoms. The minimum Gasteiger partial charge on any atom is -0.509 e. The SMILES string of the molecule is CC(C)c1cc(-c2cc(C(C)(C)C)cc(-c3c(F)cc(F)cc3F)c2N2[CH-]N(c3[c-]c(Oc4[c-]c5c(cc4)c4ccccc4n5-c4cc(C(C)(C)C)ccn4)cc(-c4ccccc4C(C)C)c3)c3ccccc32)cc(C(C)C)c1.[Pt]. The van der Waals surface area contributed by atoms with Gasteiger partial charge in [0.05, 0.1) is 5.56 Å². The quantitative estimate of drug-likeness (QED) is 0.121. The van der Waals surface area contributed by atoms with Gasteiger partial charge in [0.2, 0.25) is 0 Å². The Morgan fingerprint density at radius 3 is 1.81 bits per heavy atom. The second-order valence-electron chi connectivity index (χ2n) is 24.0. The Bertz CT molecular complexity index is 3940. The van der Waals surface area contributed by atoms with Crippen molar-refractivity contribution in [1.29, 1.82) is 0 Å². The van der Waals surface area contributed by atoms with Crippen molar-refractivity contribution in [2.75, 3.05) is 9.80 Å². The molecule has 0 radical (unpaired) electrons. The molecule has 8 aromatic carbocycles. The first-order valence-electron chi connectivity index (χ1n) is 27.4. The van der Waals surface area contributed by atoms with Crippen molar-refractivity contribution in [3.8, 4) is 50.7 Å². The Labute approximate surface area is 484 Å². The van der Waals surface area contributed by atoms with Gasteiger partial charge in [0, 0.05) is 84.6 Å². The maximum atomic E-state index is 16.7. The second-order valence-corrected chi connectivity index (χ2v) is 24.0. The van der Waals surface area contributed by atoms with Crippen LogP contribution in [0.4, 0.5) is 35.9 Å². The molecule has 0 aliphatic carbocycles. The van der Waals surface area contributed by atoms with Crippen LogP contribution in [0.2, 0.25) is 0 Å². The van der Waals surface area contributed by atoms with Crippen LogP contribution in [0.5, 0.6) is 11.5 Å². The van der Waals surface area contributed by atoms with E-state index in [4.69, 9.17) is 9.72 Å². The van der Waals surface area contributed by atoms with E-state index >= 15 is 8.78 Å². The molecule has 1 aliphatic heterocycles. The zero-order valence-corrected chi connectivity index (χ0v) is 49.7. The Kier molecular flexibility index (Phi) is 15.1. The summed E-state index contributed by atoms with van der Waals surface area (Å²) in [5.41, 5.74) is 13.2. The summed E-state index contributed by atoms with van der Waals surface area (Å²) < 4.78 is 57.5. The van der Waals surface area contributed by atoms with Crippen LogP contribution in [0, 0.1) is 36.3 Å². The van der Waals surface area contributed by atoms with Gasteiger partial charge >= 0.3 is 0 Å². The summed E-state index contributed by atoms with van der Waals surface area (Å²) >= 11 is 0. The number of halogens is 3. The zero-order chi connectivity index (χ0) is 55.8. The largest absolute Gasteiger partial charge is 0.509 e. The Morgan fingerprint density at radius 1 is 0.537 bits per heavy atom. The van der Waals surface area contributed by atoms with Crippen molar-refractivity contribution in [2.24, 2.45) is 0 Å². The van der Waals surface area contributed by atoms with Crippen LogP contribution in [0.25, 0.3) is 61.0 Å². The van der Waals surface area contributed by atoms with E-state index in [1.54, 1.807) is 0 Å². The molecule has 10 aromatic rings. The summed E-state index contributed by atoms with van der Waals surface area (Å²) in [6, 6.07) is 56.7. The number of nitrogens with zero attached hydrogens (tertiary/aromatic N) is 4. The van der Waals surface area contributed by atoms with Crippen molar-refractivity contribution in [1.82, 2.24) is 9.55 Å². The maximum absolute atomic E-state index is 16.7. The molecule has 80 heavy (non-hydrogen) atoms. The number of anilines is 4. The third-order valence-corrected chi connectivity index (χ3v) is 15.3. The topological polar surface area (TPSA) is 33.5 Å². The number of para-hydroxylation sites is 3. The molecule has 0 N–H and O–H groups in total. The van der Waals surface area contributed by atoms with Crippen LogP contribution in [0.15, 0.2) is 158 Å². The Hall–Kier alpha value is -7.41. The number of ether oxygens (including phenoxy) is 1. The van der Waals surface area contributed by atoms with E-state index in [0.717, 1.165) is 90.1 Å². The third kappa shape index (κ3) is 10.5. The molecule has 1 aliphatic rings. The van der Waals surface area contributed by atoms with Crippen LogP contribution < -0.4 is 14.5 Å². The first kappa shape index (κ1) is 55.9. The first-order valence-corrected chi connectivity index (χ1v) is 27.4. The Morgan fingerprint density at radius 2 is 1.15 bits per heavy atom. The van der Waals surface area contributed by atoms with Gasteiger partial charge in [0.15, 0.2) is 0 Å². The molecular weight excluding hydrogens is 1180 g/mol. The number of rotatable bonds is 11. The summed E-state index contributed by atoms with van der Waals surface area (Å²) in [4.78, 5) is 8.99. The van der Waals surface area contributed by atoms with E-state index in [1.165, 1.54) is 11.1 Å². The minimum atomic E-state index is -0.990. The van der Waals surface area contributed by atoms with Crippen molar-refractivity contribution >= 4 is 44.6 Å². The fourth-order valence-corrected chi connectivity index (χ4v) is 10.9. The third-order valence-electron chi connectivity index (χ3n) is 15.3. The fraction of sp³-hybridized carbons (Fsp3) is 0.239. The molecule has 410 valence electrons. The van der Waals surface area contributed by atoms with Crippen LogP contribution in [-0.4, -0.2) is 9.55 Å². The number of benzene rings is 8. The van der Waals surface area contributed by atoms with Crippen molar-refractivity contribution in [2.45, 2.75) is 112 Å². The molecule has 0 atom stereocenters. The van der Waals surface area contributed by atoms with E-state index in [-0.39, 0.29) is 49.8 Å². The standard InChI is InChI=1S/C71H66F3N4O.Pt/c1-42(2)45-29-46(43(3)4)31-47(30-45)59-34-50(71(10,11)12)35-60(68-61(73)37-51(72)38-62(68)74)69(59)77-41-76(64-23-17-18-24-65(64)77)52-32-48(56-20-14-13-19-55(56)44(5)6)33-54(39-52)79-53-25-26-58-57-21-15-16-22-63(57)78(66(58)40-53)67-36-49(27-28-75-67)70(7,8)9;/h13-38,41-44H,1-12H3;/q-3;. The van der Waals surface area contributed by atoms with E-state index in [2.05, 4.69) is 196 Å². The molecule has 11 rings (SSSR count). The van der Waals surface area contributed by atoms with Gasteiger partial charge in [-0.3, -0.25) is 0 Å². The van der Waals surface area contributed by atoms with Crippen molar-refractivity contribution in [3.63, 3.8) is 0 Å². The Balaban J connectivity index is 0.00000720. The van der Waals surface area contributed by atoms with Gasteiger partial charge in [-0.25, -0.2) is 18.2 Å². The average Bonchev–Trinajstić information content (AvgIpc) is 4.17. The van der Waals surface area contributed by atoms with Crippen molar-refractivity contribution in [3.05, 3.63) is 222 Å². The predicted octanol–water partition coefficient (Wildman–Crippen LogP) is 20.4. The molecule has 0 saturated heterocycles. The van der Waals surface area contributed by atoms with Gasteiger partial charge in [-0.1, -0.05) is 161 Å². The number of pyridine rings is 1. The van der Waals surface area contributed by atoms with E-state index < -0.39 is 22.9 Å². The molecule has 0 bridgehead atoms. The van der Waals surface area contributed by atoms with E-state index in [9.17, 15) is 4.39 Å². The predicted molar refractivity (Wildman–Crippen MR) is 320 cm³/mol. The molecule has 9 heteroatoms. The van der Waals surface area contributed by atoms with Gasteiger partial charge in [0.25, 0.3) is 0 Å². The van der Waals surface area contributed by atoms with E-state index in [1.807, 2.05) is 66.3 Å². The van der Waals surface area contributed by atoms with Gasteiger partial charge in [0.1, 0.15) is 23.3 Å². The summed E-state index contributed by atoms with van der Waals surface area (Å²) in [5.74, 6) is -0.632. The number of hydrogen-bond acceptors (Lipinski definition) is 4. The summed E-state index contributed by atoms with van der Waals surface area (Å²) in [7, 11) is 0. The van der Waals surface area contributed by atoms with Crippen LogP contribution in [0.3, 0.4) is 0 Å². The molecule has 0 saturated carbocycles. The van der Waals surface area contributed by atoms with Gasteiger partial charge in [-0.05, 0) is 115 Å². The van der Waals surface area contributed by atoms with Crippen LogP contribution in [0.1, 0.15) is 129 Å². The second kappa shape index (κ2) is 21.6. The zero-order valence-electron chi connectivity index (χ0n) is 47.5. The summed E-state index contributed by atoms with van der Waals surface area (Å²) in [6.45, 7) is 27.9. The normalized spacial score (nSPS) is 12.8. The van der Waals surface area contributed by atoms with Gasteiger partial charge in [-0.15, -0.1) is 53.6 Å². The average molecular weight is 1240 g/mol. The fourth-order valence-electron chi connectivity index (χ4n) is 10.9. The van der Waals surface area contributed by atoms with Gasteiger partial charge in [-0.2, -0.15) is 6.07 Å². The van der Waals surface area contributed by atoms with Crippen LogP contribution in [-0.2, 0) is 31.9 Å². The molecule has 2 aromatic heterocycles. The molecule has 0 unspecified atom stereocenters. The number of aromatic nitrogens is 2. The number of fused-ring (bicyclic) bond motifs is 4. The number of hydrogen-bond donors (Lipinski definition) is 0. The molecule has 3 heterocycles. The first-order chi connectivity index (χ1) is 37.6. The van der Waals surface area contributed by atoms with Gasteiger partial charge < -0.3 is 19.1 Å². The monoisotopic (exact) mass is 1240 g/mol. The smallest absolute Gasteiger partial charge is 0.136 e.